The molecule has 1 fully saturated rings. The predicted molar refractivity (Wildman–Crippen MR) is 75.6 cm³/mol. The van der Waals surface area contributed by atoms with Crippen molar-refractivity contribution in [3.63, 3.8) is 0 Å². The maximum Gasteiger partial charge on any atom is 0.341 e. The lowest BCUT2D eigenvalue weighted by Gasteiger charge is -2.40. The molecule has 0 unspecified atom stereocenters. The third-order valence-electron chi connectivity index (χ3n) is 3.40. The molecule has 2 heterocycles. The standard InChI is InChI=1S/C12H14N6O2S/c19-8(7-21-11-15-10(20)17-18-11)16-12(3-1-4-12)9-13-5-2-6-14-9/h2,5-6H,1,3-4,7H2,(H,16,19)(H2,15,17,18,20). The fourth-order valence-corrected chi connectivity index (χ4v) is 2.86. The maximum atomic E-state index is 12.1. The Morgan fingerprint density at radius 3 is 2.71 bits per heavy atom. The Kier molecular flexibility index (Phi) is 3.74. The number of H-pyrrole nitrogens is 2. The van der Waals surface area contributed by atoms with Crippen molar-refractivity contribution in [2.75, 3.05) is 5.75 Å². The zero-order valence-corrected chi connectivity index (χ0v) is 11.9. The molecule has 1 aliphatic carbocycles. The van der Waals surface area contributed by atoms with Crippen LogP contribution < -0.4 is 11.0 Å². The van der Waals surface area contributed by atoms with Crippen molar-refractivity contribution >= 4 is 17.7 Å². The van der Waals surface area contributed by atoms with E-state index in [9.17, 15) is 9.59 Å². The van der Waals surface area contributed by atoms with Gasteiger partial charge in [0, 0.05) is 12.4 Å². The van der Waals surface area contributed by atoms with Crippen LogP contribution in [-0.4, -0.2) is 36.8 Å². The van der Waals surface area contributed by atoms with E-state index in [-0.39, 0.29) is 17.3 Å². The van der Waals surface area contributed by atoms with Crippen LogP contribution in [0, 0.1) is 0 Å². The molecule has 0 aliphatic heterocycles. The van der Waals surface area contributed by atoms with E-state index in [4.69, 9.17) is 0 Å². The third-order valence-corrected chi connectivity index (χ3v) is 4.27. The fraction of sp³-hybridized carbons (Fsp3) is 0.417. The van der Waals surface area contributed by atoms with E-state index in [2.05, 4.69) is 30.5 Å². The molecule has 0 saturated heterocycles. The summed E-state index contributed by atoms with van der Waals surface area (Å²) in [6.07, 6.45) is 6.08. The molecule has 9 heteroatoms. The Bertz CT molecular complexity index is 678. The van der Waals surface area contributed by atoms with E-state index in [1.807, 2.05) is 0 Å². The summed E-state index contributed by atoms with van der Waals surface area (Å²) in [4.78, 5) is 34.0. The van der Waals surface area contributed by atoms with Crippen LogP contribution in [0.15, 0.2) is 28.4 Å². The van der Waals surface area contributed by atoms with Crippen LogP contribution >= 0.6 is 11.8 Å². The van der Waals surface area contributed by atoms with Crippen molar-refractivity contribution in [2.45, 2.75) is 30.0 Å². The second-order valence-electron chi connectivity index (χ2n) is 4.83. The van der Waals surface area contributed by atoms with Crippen molar-refractivity contribution in [1.29, 1.82) is 0 Å². The Balaban J connectivity index is 1.62. The number of aromatic nitrogens is 5. The van der Waals surface area contributed by atoms with Crippen LogP contribution in [0.25, 0.3) is 0 Å². The van der Waals surface area contributed by atoms with Gasteiger partial charge in [-0.1, -0.05) is 11.8 Å². The average Bonchev–Trinajstić information content (AvgIpc) is 2.87. The summed E-state index contributed by atoms with van der Waals surface area (Å²) in [5.74, 6) is 0.703. The highest BCUT2D eigenvalue weighted by Gasteiger charge is 2.42. The number of thioether (sulfide) groups is 1. The number of hydrogen-bond acceptors (Lipinski definition) is 6. The summed E-state index contributed by atoms with van der Waals surface area (Å²) >= 11 is 1.17. The minimum Gasteiger partial charge on any atom is -0.343 e. The van der Waals surface area contributed by atoms with E-state index >= 15 is 0 Å². The molecular formula is C12H14N6O2S. The first-order valence-corrected chi connectivity index (χ1v) is 7.52. The number of amides is 1. The van der Waals surface area contributed by atoms with Gasteiger partial charge in [-0.05, 0) is 25.3 Å². The van der Waals surface area contributed by atoms with Gasteiger partial charge in [0.05, 0.1) is 11.3 Å². The SMILES string of the molecule is O=C(CSc1n[nH]c(=O)[nH]1)NC1(c2ncccn2)CCC1. The van der Waals surface area contributed by atoms with E-state index in [0.717, 1.165) is 19.3 Å². The van der Waals surface area contributed by atoms with Crippen LogP contribution in [0.3, 0.4) is 0 Å². The van der Waals surface area contributed by atoms with Crippen LogP contribution in [-0.2, 0) is 10.3 Å². The summed E-state index contributed by atoms with van der Waals surface area (Å²) < 4.78 is 0. The second-order valence-corrected chi connectivity index (χ2v) is 5.79. The van der Waals surface area contributed by atoms with Crippen molar-refractivity contribution in [3.05, 3.63) is 34.8 Å². The second kappa shape index (κ2) is 5.68. The monoisotopic (exact) mass is 306 g/mol. The van der Waals surface area contributed by atoms with Gasteiger partial charge >= 0.3 is 5.69 Å². The number of carbonyl (C=O) groups is 1. The zero-order valence-electron chi connectivity index (χ0n) is 11.1. The quantitative estimate of drug-likeness (QED) is 0.678. The number of nitrogens with one attached hydrogen (secondary N) is 3. The lowest BCUT2D eigenvalue weighted by molar-refractivity contribution is -0.121. The summed E-state index contributed by atoms with van der Waals surface area (Å²) in [6, 6.07) is 1.75. The summed E-state index contributed by atoms with van der Waals surface area (Å²) in [6.45, 7) is 0. The lowest BCUT2D eigenvalue weighted by Crippen LogP contribution is -2.52. The van der Waals surface area contributed by atoms with Gasteiger partial charge in [0.15, 0.2) is 11.0 Å². The summed E-state index contributed by atoms with van der Waals surface area (Å²) in [7, 11) is 0. The Morgan fingerprint density at radius 1 is 1.38 bits per heavy atom. The normalized spacial score (nSPS) is 16.2. The van der Waals surface area contributed by atoms with Gasteiger partial charge in [0.1, 0.15) is 0 Å². The molecule has 0 spiro atoms. The van der Waals surface area contributed by atoms with Crippen LogP contribution in [0.5, 0.6) is 0 Å². The minimum absolute atomic E-state index is 0.129. The Morgan fingerprint density at radius 2 is 2.14 bits per heavy atom. The molecule has 2 aromatic heterocycles. The number of nitrogens with zero attached hydrogens (tertiary/aromatic N) is 3. The van der Waals surface area contributed by atoms with Gasteiger partial charge < -0.3 is 5.32 Å². The number of carbonyl (C=O) groups excluding carboxylic acids is 1. The van der Waals surface area contributed by atoms with Gasteiger partial charge in [-0.25, -0.2) is 19.9 Å². The summed E-state index contributed by atoms with van der Waals surface area (Å²) in [5, 5.41) is 9.40. The molecule has 3 rings (SSSR count). The molecule has 0 bridgehead atoms. The van der Waals surface area contributed by atoms with E-state index in [0.29, 0.717) is 11.0 Å². The third kappa shape index (κ3) is 2.97. The van der Waals surface area contributed by atoms with Crippen molar-refractivity contribution in [3.8, 4) is 0 Å². The first kappa shape index (κ1) is 13.8. The first-order chi connectivity index (χ1) is 10.2. The van der Waals surface area contributed by atoms with Gasteiger partial charge in [0.2, 0.25) is 5.91 Å². The molecule has 0 aromatic carbocycles. The van der Waals surface area contributed by atoms with Gasteiger partial charge in [0.25, 0.3) is 0 Å². The van der Waals surface area contributed by atoms with Crippen molar-refractivity contribution in [2.24, 2.45) is 0 Å². The maximum absolute atomic E-state index is 12.1. The van der Waals surface area contributed by atoms with Crippen LogP contribution in [0.1, 0.15) is 25.1 Å². The predicted octanol–water partition coefficient (Wildman–Crippen LogP) is 0.176. The molecule has 2 aromatic rings. The van der Waals surface area contributed by atoms with Gasteiger partial charge in [-0.15, -0.1) is 5.10 Å². The minimum atomic E-state index is -0.447. The summed E-state index contributed by atoms with van der Waals surface area (Å²) in [5.41, 5.74) is -0.830. The zero-order chi connectivity index (χ0) is 14.7. The highest BCUT2D eigenvalue weighted by molar-refractivity contribution is 7.99. The Labute approximate surface area is 124 Å². The molecule has 110 valence electrons. The molecule has 1 saturated carbocycles. The van der Waals surface area contributed by atoms with E-state index in [1.54, 1.807) is 18.5 Å². The highest BCUT2D eigenvalue weighted by Crippen LogP contribution is 2.39. The van der Waals surface area contributed by atoms with Crippen LogP contribution in [0.4, 0.5) is 0 Å². The van der Waals surface area contributed by atoms with Gasteiger partial charge in [-0.3, -0.25) is 9.78 Å². The lowest BCUT2D eigenvalue weighted by atomic mass is 9.76. The fourth-order valence-electron chi connectivity index (χ4n) is 2.24. The molecule has 8 nitrogen and oxygen atoms in total. The molecule has 1 aliphatic rings. The van der Waals surface area contributed by atoms with Crippen LogP contribution in [0.2, 0.25) is 0 Å². The molecule has 0 radical (unpaired) electrons. The van der Waals surface area contributed by atoms with Crippen molar-refractivity contribution < 1.29 is 4.79 Å². The highest BCUT2D eigenvalue weighted by atomic mass is 32.2. The van der Waals surface area contributed by atoms with E-state index in [1.165, 1.54) is 11.8 Å². The number of rotatable bonds is 5. The largest absolute Gasteiger partial charge is 0.343 e. The Hall–Kier alpha value is -2.16. The molecule has 1 amide bonds. The topological polar surface area (TPSA) is 116 Å². The molecule has 0 atom stereocenters. The van der Waals surface area contributed by atoms with Crippen molar-refractivity contribution in [1.82, 2.24) is 30.5 Å². The average molecular weight is 306 g/mol. The molecular weight excluding hydrogens is 292 g/mol. The molecule has 21 heavy (non-hydrogen) atoms. The number of aromatic amines is 2. The van der Waals surface area contributed by atoms with Gasteiger partial charge in [-0.2, -0.15) is 0 Å². The number of hydrogen-bond donors (Lipinski definition) is 3. The first-order valence-electron chi connectivity index (χ1n) is 6.54. The smallest absolute Gasteiger partial charge is 0.341 e. The molecule has 3 N–H and O–H groups in total. The van der Waals surface area contributed by atoms with E-state index < -0.39 is 5.54 Å².